The fourth-order valence-corrected chi connectivity index (χ4v) is 6.08. The average Bonchev–Trinajstić information content (AvgIpc) is 3.63. The molecule has 1 aliphatic rings. The summed E-state index contributed by atoms with van der Waals surface area (Å²) >= 11 is 0. The molecule has 0 radical (unpaired) electrons. The molecular weight excluding hydrogens is 635 g/mol. The highest BCUT2D eigenvalue weighted by atomic mass is 19.4. The number of anilines is 2. The maximum Gasteiger partial charge on any atom is 0.573 e. The minimum absolute atomic E-state index is 0.0429. The Kier molecular flexibility index (Phi) is 10.2. The minimum atomic E-state index is -4.86. The van der Waals surface area contributed by atoms with E-state index in [1.54, 1.807) is 65.6 Å². The number of amides is 3. The largest absolute Gasteiger partial charge is 0.573 e. The number of hydrogen-bond donors (Lipinski definition) is 3. The van der Waals surface area contributed by atoms with Gasteiger partial charge in [-0.1, -0.05) is 91.1 Å². The lowest BCUT2D eigenvalue weighted by atomic mass is 9.84. The number of nitrogens with zero attached hydrogens (tertiary/aromatic N) is 4. The molecule has 0 unspecified atom stereocenters. The number of para-hydroxylation sites is 1. The number of nitrogens with one attached hydrogen (secondary N) is 3. The molecule has 3 amide bonds. The molecule has 0 aliphatic heterocycles. The van der Waals surface area contributed by atoms with Crippen molar-refractivity contribution in [3.63, 3.8) is 0 Å². The van der Waals surface area contributed by atoms with Gasteiger partial charge >= 0.3 is 12.4 Å². The average molecular weight is 670 g/mol. The van der Waals surface area contributed by atoms with Gasteiger partial charge in [-0.2, -0.15) is 5.21 Å². The molecule has 1 fully saturated rings. The summed E-state index contributed by atoms with van der Waals surface area (Å²) in [5.74, 6) is -0.201. The van der Waals surface area contributed by atoms with E-state index in [9.17, 15) is 22.8 Å². The molecule has 3 N–H and O–H groups in total. The summed E-state index contributed by atoms with van der Waals surface area (Å²) < 4.78 is 43.8. The minimum Gasteiger partial charge on any atom is -0.405 e. The summed E-state index contributed by atoms with van der Waals surface area (Å²) in [6, 6.07) is 27.3. The van der Waals surface area contributed by atoms with Crippen LogP contribution in [0, 0.1) is 0 Å². The molecule has 10 nitrogen and oxygen atoms in total. The third kappa shape index (κ3) is 8.61. The van der Waals surface area contributed by atoms with Crippen molar-refractivity contribution in [2.24, 2.45) is 0 Å². The van der Waals surface area contributed by atoms with Crippen LogP contribution in [0.3, 0.4) is 0 Å². The number of rotatable bonds is 10. The van der Waals surface area contributed by atoms with Gasteiger partial charge in [-0.05, 0) is 76.6 Å². The van der Waals surface area contributed by atoms with Crippen molar-refractivity contribution in [2.45, 2.75) is 57.5 Å². The van der Waals surface area contributed by atoms with Gasteiger partial charge in [-0.25, -0.2) is 4.79 Å². The highest BCUT2D eigenvalue weighted by Gasteiger charge is 2.32. The Balaban J connectivity index is 1.22. The monoisotopic (exact) mass is 669 g/mol. The van der Waals surface area contributed by atoms with Gasteiger partial charge in [0.1, 0.15) is 5.75 Å². The Morgan fingerprint density at radius 2 is 1.55 bits per heavy atom. The smallest absolute Gasteiger partial charge is 0.405 e. The molecule has 0 atom stereocenters. The molecule has 1 saturated carbocycles. The second-order valence-corrected chi connectivity index (χ2v) is 11.8. The topological polar surface area (TPSA) is 125 Å². The lowest BCUT2D eigenvalue weighted by molar-refractivity contribution is -0.274. The standard InChI is InChI=1S/C36H34F3N7O3/c37-36(38,39)49-32-13-7-6-12-31(32)30-11-5-4-10-28(30)22-40-35(48)46(29-20-18-26(19-21-29)25-8-2-1-3-9-25)23-24-14-16-27(17-15-24)33(47)41-34-42-44-45-43-34/h4-7,10-21,25H,1-3,8-9,22-23H2,(H,40,48)(H2,41,42,43,44,45,47). The summed E-state index contributed by atoms with van der Waals surface area (Å²) in [5.41, 5.74) is 4.42. The van der Waals surface area contributed by atoms with Crippen LogP contribution in [0.2, 0.25) is 0 Å². The maximum atomic E-state index is 13.9. The zero-order chi connectivity index (χ0) is 34.2. The molecule has 252 valence electrons. The number of tetrazole rings is 1. The van der Waals surface area contributed by atoms with E-state index in [0.717, 1.165) is 18.4 Å². The van der Waals surface area contributed by atoms with E-state index in [2.05, 4.69) is 48.1 Å². The maximum absolute atomic E-state index is 13.9. The molecule has 49 heavy (non-hydrogen) atoms. The van der Waals surface area contributed by atoms with Crippen LogP contribution in [0.4, 0.5) is 29.6 Å². The van der Waals surface area contributed by atoms with E-state index in [0.29, 0.717) is 28.3 Å². The molecule has 1 aliphatic carbocycles. The zero-order valence-electron chi connectivity index (χ0n) is 26.4. The van der Waals surface area contributed by atoms with Gasteiger partial charge in [0.15, 0.2) is 0 Å². The van der Waals surface area contributed by atoms with E-state index in [4.69, 9.17) is 0 Å². The number of carbonyl (C=O) groups excluding carboxylic acids is 2. The van der Waals surface area contributed by atoms with E-state index >= 15 is 0 Å². The number of hydrogen-bond acceptors (Lipinski definition) is 6. The number of H-pyrrole nitrogens is 1. The van der Waals surface area contributed by atoms with Gasteiger partial charge in [0.05, 0.1) is 6.54 Å². The van der Waals surface area contributed by atoms with E-state index < -0.39 is 18.3 Å². The lowest BCUT2D eigenvalue weighted by Crippen LogP contribution is -2.39. The van der Waals surface area contributed by atoms with Crippen molar-refractivity contribution >= 4 is 23.6 Å². The summed E-state index contributed by atoms with van der Waals surface area (Å²) in [6.07, 6.45) is 1.10. The van der Waals surface area contributed by atoms with Gasteiger partial charge in [-0.15, -0.1) is 18.3 Å². The summed E-state index contributed by atoms with van der Waals surface area (Å²) in [5, 5.41) is 18.7. The van der Waals surface area contributed by atoms with E-state index in [1.807, 2.05) is 12.1 Å². The van der Waals surface area contributed by atoms with Crippen molar-refractivity contribution in [1.29, 1.82) is 0 Å². The van der Waals surface area contributed by atoms with Crippen LogP contribution in [0.5, 0.6) is 5.75 Å². The number of aromatic amines is 1. The highest BCUT2D eigenvalue weighted by molar-refractivity contribution is 6.03. The first-order chi connectivity index (χ1) is 23.7. The van der Waals surface area contributed by atoms with Crippen LogP contribution in [0.1, 0.15) is 65.1 Å². The van der Waals surface area contributed by atoms with E-state index in [1.165, 1.54) is 37.0 Å². The lowest BCUT2D eigenvalue weighted by Gasteiger charge is -2.26. The molecule has 1 aromatic heterocycles. The number of benzene rings is 4. The summed E-state index contributed by atoms with van der Waals surface area (Å²) in [4.78, 5) is 28.1. The predicted molar refractivity (Wildman–Crippen MR) is 178 cm³/mol. The first-order valence-electron chi connectivity index (χ1n) is 16.0. The SMILES string of the molecule is O=C(Nc1nn[nH]n1)c1ccc(CN(C(=O)NCc2ccccc2-c2ccccc2OC(F)(F)F)c2ccc(C3CCCCC3)cc2)cc1. The fraction of sp³-hybridized carbons (Fsp3) is 0.250. The Labute approximate surface area is 280 Å². The van der Waals surface area contributed by atoms with Gasteiger partial charge in [0, 0.05) is 23.4 Å². The van der Waals surface area contributed by atoms with Crippen molar-refractivity contribution in [1.82, 2.24) is 25.9 Å². The van der Waals surface area contributed by atoms with Crippen LogP contribution in [-0.4, -0.2) is 38.9 Å². The van der Waals surface area contributed by atoms with Gasteiger partial charge in [-0.3, -0.25) is 15.0 Å². The zero-order valence-corrected chi connectivity index (χ0v) is 26.4. The second-order valence-electron chi connectivity index (χ2n) is 11.8. The summed E-state index contributed by atoms with van der Waals surface area (Å²) in [7, 11) is 0. The Morgan fingerprint density at radius 3 is 2.24 bits per heavy atom. The molecular formula is C36H34F3N7O3. The van der Waals surface area contributed by atoms with Crippen molar-refractivity contribution in [3.05, 3.63) is 119 Å². The van der Waals surface area contributed by atoms with Crippen molar-refractivity contribution < 1.29 is 27.5 Å². The molecule has 0 saturated heterocycles. The third-order valence-corrected chi connectivity index (χ3v) is 8.50. The molecule has 5 aromatic rings. The molecule has 4 aromatic carbocycles. The first-order valence-corrected chi connectivity index (χ1v) is 16.0. The van der Waals surface area contributed by atoms with Gasteiger partial charge in [0.2, 0.25) is 0 Å². The number of halogens is 3. The first kappa shape index (κ1) is 33.2. The summed E-state index contributed by atoms with van der Waals surface area (Å²) in [6.45, 7) is 0.229. The third-order valence-electron chi connectivity index (χ3n) is 8.50. The number of carbonyl (C=O) groups is 2. The van der Waals surface area contributed by atoms with Crippen molar-refractivity contribution in [2.75, 3.05) is 10.2 Å². The highest BCUT2D eigenvalue weighted by Crippen LogP contribution is 2.36. The number of aromatic nitrogens is 4. The molecule has 6 rings (SSSR count). The van der Waals surface area contributed by atoms with Crippen LogP contribution >= 0.6 is 0 Å². The van der Waals surface area contributed by atoms with Crippen LogP contribution in [0.15, 0.2) is 97.1 Å². The molecule has 13 heteroatoms. The molecule has 0 bridgehead atoms. The molecule has 1 heterocycles. The second kappa shape index (κ2) is 15.0. The Hall–Kier alpha value is -5.72. The fourth-order valence-electron chi connectivity index (χ4n) is 6.08. The number of ether oxygens (including phenoxy) is 1. The van der Waals surface area contributed by atoms with Gasteiger partial charge in [0.25, 0.3) is 11.9 Å². The Morgan fingerprint density at radius 1 is 0.857 bits per heavy atom. The quantitative estimate of drug-likeness (QED) is 0.139. The number of alkyl halides is 3. The van der Waals surface area contributed by atoms with Crippen LogP contribution in [-0.2, 0) is 13.1 Å². The Bertz CT molecular complexity index is 1860. The normalized spacial score (nSPS) is 13.4. The predicted octanol–water partition coefficient (Wildman–Crippen LogP) is 7.98. The van der Waals surface area contributed by atoms with E-state index in [-0.39, 0.29) is 30.4 Å². The number of urea groups is 1. The molecule has 0 spiro atoms. The van der Waals surface area contributed by atoms with Crippen LogP contribution < -0.4 is 20.3 Å². The van der Waals surface area contributed by atoms with Crippen LogP contribution in [0.25, 0.3) is 11.1 Å². The van der Waals surface area contributed by atoms with Gasteiger partial charge < -0.3 is 10.1 Å². The van der Waals surface area contributed by atoms with Crippen molar-refractivity contribution in [3.8, 4) is 16.9 Å².